The van der Waals surface area contributed by atoms with Gasteiger partial charge in [0.25, 0.3) is 0 Å². The number of aryl methyl sites for hydroxylation is 1. The van der Waals surface area contributed by atoms with Crippen LogP contribution >= 0.6 is 0 Å². The van der Waals surface area contributed by atoms with Crippen LogP contribution in [-0.4, -0.2) is 32.0 Å². The van der Waals surface area contributed by atoms with Crippen molar-refractivity contribution in [3.63, 3.8) is 0 Å². The molecule has 0 unspecified atom stereocenters. The number of nitrogens with zero attached hydrogens (tertiary/aromatic N) is 1. The maximum atomic E-state index is 11.0. The predicted molar refractivity (Wildman–Crippen MR) is 82.5 cm³/mol. The van der Waals surface area contributed by atoms with Gasteiger partial charge in [-0.3, -0.25) is 4.98 Å². The smallest absolute Gasteiger partial charge is 0.147 e. The predicted octanol–water partition coefficient (Wildman–Crippen LogP) is 2.07. The van der Waals surface area contributed by atoms with E-state index in [0.717, 1.165) is 23.1 Å². The van der Waals surface area contributed by atoms with Crippen molar-refractivity contribution in [1.82, 2.24) is 10.3 Å². The Bertz CT molecular complexity index is 696. The van der Waals surface area contributed by atoms with Crippen LogP contribution in [0.4, 0.5) is 0 Å². The van der Waals surface area contributed by atoms with Gasteiger partial charge < -0.3 is 5.32 Å². The molecule has 20 heavy (non-hydrogen) atoms. The van der Waals surface area contributed by atoms with Gasteiger partial charge in [-0.1, -0.05) is 18.2 Å². The van der Waals surface area contributed by atoms with Crippen molar-refractivity contribution in [1.29, 1.82) is 0 Å². The lowest BCUT2D eigenvalue weighted by molar-refractivity contribution is 0.594. The highest BCUT2D eigenvalue weighted by Crippen LogP contribution is 2.17. The van der Waals surface area contributed by atoms with Gasteiger partial charge in [0.1, 0.15) is 9.84 Å². The summed E-state index contributed by atoms with van der Waals surface area (Å²) in [4.78, 5) is 4.51. The Morgan fingerprint density at radius 2 is 2.00 bits per heavy atom. The summed E-state index contributed by atoms with van der Waals surface area (Å²) in [5, 5.41) is 4.45. The van der Waals surface area contributed by atoms with E-state index in [1.165, 1.54) is 11.8 Å². The molecule has 1 aromatic heterocycles. The van der Waals surface area contributed by atoms with Gasteiger partial charge in [0, 0.05) is 23.9 Å². The zero-order valence-corrected chi connectivity index (χ0v) is 12.7. The summed E-state index contributed by atoms with van der Waals surface area (Å²) in [5.74, 6) is 0.232. The van der Waals surface area contributed by atoms with E-state index in [-0.39, 0.29) is 5.75 Å². The van der Waals surface area contributed by atoms with Crippen molar-refractivity contribution in [3.05, 3.63) is 41.6 Å². The molecule has 0 atom stereocenters. The Morgan fingerprint density at radius 1 is 1.25 bits per heavy atom. The molecule has 0 aliphatic heterocycles. The summed E-state index contributed by atoms with van der Waals surface area (Å²) < 4.78 is 22.1. The number of pyridine rings is 1. The summed E-state index contributed by atoms with van der Waals surface area (Å²) in [5.41, 5.74) is 3.20. The fourth-order valence-electron chi connectivity index (χ4n) is 2.22. The van der Waals surface area contributed by atoms with E-state index < -0.39 is 9.84 Å². The van der Waals surface area contributed by atoms with Crippen LogP contribution in [0.2, 0.25) is 0 Å². The average Bonchev–Trinajstić information content (AvgIpc) is 2.36. The lowest BCUT2D eigenvalue weighted by atomic mass is 10.1. The van der Waals surface area contributed by atoms with Gasteiger partial charge in [-0.2, -0.15) is 0 Å². The summed E-state index contributed by atoms with van der Waals surface area (Å²) >= 11 is 0. The van der Waals surface area contributed by atoms with Gasteiger partial charge in [0.05, 0.1) is 11.3 Å². The van der Waals surface area contributed by atoms with Crippen LogP contribution in [0, 0.1) is 6.92 Å². The summed E-state index contributed by atoms with van der Waals surface area (Å²) in [6.07, 6.45) is 1.91. The molecule has 0 fully saturated rings. The number of hydrogen-bond acceptors (Lipinski definition) is 4. The van der Waals surface area contributed by atoms with Crippen LogP contribution in [-0.2, 0) is 16.4 Å². The Labute approximate surface area is 120 Å². The first-order chi connectivity index (χ1) is 9.46. The van der Waals surface area contributed by atoms with Gasteiger partial charge in [-0.05, 0) is 37.6 Å². The normalized spacial score (nSPS) is 11.9. The fourth-order valence-corrected chi connectivity index (χ4v) is 2.89. The Hall–Kier alpha value is -1.46. The highest BCUT2D eigenvalue weighted by Gasteiger charge is 2.04. The Morgan fingerprint density at radius 3 is 2.75 bits per heavy atom. The van der Waals surface area contributed by atoms with E-state index in [0.29, 0.717) is 13.0 Å². The summed E-state index contributed by atoms with van der Waals surface area (Å²) in [7, 11) is -2.86. The van der Waals surface area contributed by atoms with E-state index in [2.05, 4.69) is 22.4 Å². The minimum absolute atomic E-state index is 0.232. The standard InChI is InChI=1S/C15H20N2O2S/c1-12-10-13(11-16-8-5-9-20(2,18)19)14-6-3-4-7-15(14)17-12/h3-4,6-7,10,16H,5,8-9,11H2,1-2H3. The van der Waals surface area contributed by atoms with Crippen LogP contribution in [0.15, 0.2) is 30.3 Å². The van der Waals surface area contributed by atoms with Gasteiger partial charge in [-0.25, -0.2) is 8.42 Å². The molecule has 1 N–H and O–H groups in total. The average molecular weight is 292 g/mol. The number of fused-ring (bicyclic) bond motifs is 1. The van der Waals surface area contributed by atoms with E-state index >= 15 is 0 Å². The Balaban J connectivity index is 1.99. The number of benzene rings is 1. The highest BCUT2D eigenvalue weighted by atomic mass is 32.2. The molecule has 0 radical (unpaired) electrons. The number of sulfone groups is 1. The zero-order valence-electron chi connectivity index (χ0n) is 11.9. The third-order valence-corrected chi connectivity index (χ3v) is 4.14. The highest BCUT2D eigenvalue weighted by molar-refractivity contribution is 7.90. The molecule has 0 bridgehead atoms. The third-order valence-electron chi connectivity index (χ3n) is 3.11. The van der Waals surface area contributed by atoms with E-state index in [1.807, 2.05) is 25.1 Å². The largest absolute Gasteiger partial charge is 0.313 e. The number of rotatable bonds is 6. The third kappa shape index (κ3) is 4.28. The summed E-state index contributed by atoms with van der Waals surface area (Å²) in [6.45, 7) is 3.41. The number of aromatic nitrogens is 1. The molecule has 0 spiro atoms. The molecular weight excluding hydrogens is 272 g/mol. The van der Waals surface area contributed by atoms with Crippen molar-refractivity contribution >= 4 is 20.7 Å². The van der Waals surface area contributed by atoms with Crippen molar-refractivity contribution in [2.45, 2.75) is 19.9 Å². The van der Waals surface area contributed by atoms with Crippen LogP contribution in [0.5, 0.6) is 0 Å². The molecule has 0 aliphatic carbocycles. The molecule has 0 aliphatic rings. The SMILES string of the molecule is Cc1cc(CNCCCS(C)(=O)=O)c2ccccc2n1. The first-order valence-electron chi connectivity index (χ1n) is 6.69. The Kier molecular flexibility index (Phi) is 4.73. The fraction of sp³-hybridized carbons (Fsp3) is 0.400. The van der Waals surface area contributed by atoms with Crippen molar-refractivity contribution in [2.24, 2.45) is 0 Å². The molecule has 2 rings (SSSR count). The maximum Gasteiger partial charge on any atom is 0.147 e. The monoisotopic (exact) mass is 292 g/mol. The molecule has 1 aromatic carbocycles. The molecule has 1 heterocycles. The summed E-state index contributed by atoms with van der Waals surface area (Å²) in [6, 6.07) is 10.1. The molecule has 0 amide bonds. The van der Waals surface area contributed by atoms with Crippen LogP contribution in [0.3, 0.4) is 0 Å². The topological polar surface area (TPSA) is 59.1 Å². The molecular formula is C15H20N2O2S. The maximum absolute atomic E-state index is 11.0. The molecule has 0 saturated carbocycles. The van der Waals surface area contributed by atoms with Crippen molar-refractivity contribution in [3.8, 4) is 0 Å². The van der Waals surface area contributed by atoms with Crippen LogP contribution < -0.4 is 5.32 Å². The first kappa shape index (κ1) is 14.9. The second-order valence-electron chi connectivity index (χ2n) is 5.10. The van der Waals surface area contributed by atoms with Crippen LogP contribution in [0.1, 0.15) is 17.7 Å². The van der Waals surface area contributed by atoms with Crippen molar-refractivity contribution in [2.75, 3.05) is 18.6 Å². The van der Waals surface area contributed by atoms with E-state index in [1.54, 1.807) is 0 Å². The minimum atomic E-state index is -2.86. The molecule has 5 heteroatoms. The first-order valence-corrected chi connectivity index (χ1v) is 8.75. The second-order valence-corrected chi connectivity index (χ2v) is 7.36. The van der Waals surface area contributed by atoms with E-state index in [4.69, 9.17) is 0 Å². The second kappa shape index (κ2) is 6.33. The van der Waals surface area contributed by atoms with Gasteiger partial charge >= 0.3 is 0 Å². The number of hydrogen-bond donors (Lipinski definition) is 1. The molecule has 2 aromatic rings. The van der Waals surface area contributed by atoms with Crippen LogP contribution in [0.25, 0.3) is 10.9 Å². The number of nitrogens with one attached hydrogen (secondary N) is 1. The van der Waals surface area contributed by atoms with Gasteiger partial charge in [0.2, 0.25) is 0 Å². The van der Waals surface area contributed by atoms with Crippen molar-refractivity contribution < 1.29 is 8.42 Å². The lowest BCUT2D eigenvalue weighted by Crippen LogP contribution is -2.18. The molecule has 4 nitrogen and oxygen atoms in total. The van der Waals surface area contributed by atoms with Gasteiger partial charge in [-0.15, -0.1) is 0 Å². The molecule has 0 saturated heterocycles. The quantitative estimate of drug-likeness (QED) is 0.828. The minimum Gasteiger partial charge on any atom is -0.313 e. The van der Waals surface area contributed by atoms with Gasteiger partial charge in [0.15, 0.2) is 0 Å². The molecule has 108 valence electrons. The lowest BCUT2D eigenvalue weighted by Gasteiger charge is -2.09. The van der Waals surface area contributed by atoms with E-state index in [9.17, 15) is 8.42 Å². The zero-order chi connectivity index (χ0) is 14.6. The number of para-hydroxylation sites is 1.